The van der Waals surface area contributed by atoms with Gasteiger partial charge in [-0.15, -0.1) is 0 Å². The second-order valence-corrected chi connectivity index (χ2v) is 6.76. The highest BCUT2D eigenvalue weighted by molar-refractivity contribution is 5.97. The number of esters is 2. The fourth-order valence-corrected chi connectivity index (χ4v) is 2.94. The normalized spacial score (nSPS) is 10.5. The van der Waals surface area contributed by atoms with E-state index in [-0.39, 0.29) is 35.0 Å². The average Bonchev–Trinajstić information content (AvgIpc) is 2.64. The summed E-state index contributed by atoms with van der Waals surface area (Å²) in [6, 6.07) is 4.25. The molecular weight excluding hydrogens is 376 g/mol. The van der Waals surface area contributed by atoms with Gasteiger partial charge in [0.1, 0.15) is 34.1 Å². The zero-order valence-corrected chi connectivity index (χ0v) is 17.3. The van der Waals surface area contributed by atoms with Crippen molar-refractivity contribution in [3.8, 4) is 23.0 Å². The summed E-state index contributed by atoms with van der Waals surface area (Å²) in [6.07, 6.45) is 1.61. The van der Waals surface area contributed by atoms with Crippen molar-refractivity contribution in [1.29, 1.82) is 0 Å². The smallest absolute Gasteiger partial charge is 0.347 e. The van der Waals surface area contributed by atoms with Crippen LogP contribution in [0, 0.1) is 20.8 Å². The highest BCUT2D eigenvalue weighted by Gasteiger charge is 2.23. The van der Waals surface area contributed by atoms with Crippen LogP contribution in [0.1, 0.15) is 57.2 Å². The fourth-order valence-electron chi connectivity index (χ4n) is 2.94. The van der Waals surface area contributed by atoms with E-state index in [1.165, 1.54) is 19.2 Å². The molecule has 0 aliphatic carbocycles. The zero-order valence-electron chi connectivity index (χ0n) is 17.3. The molecule has 7 heteroatoms. The summed E-state index contributed by atoms with van der Waals surface area (Å²) >= 11 is 0. The molecule has 0 fully saturated rings. The molecule has 0 spiro atoms. The number of carbonyl (C=O) groups excluding carboxylic acids is 2. The molecule has 0 aliphatic heterocycles. The van der Waals surface area contributed by atoms with Gasteiger partial charge in [-0.3, -0.25) is 0 Å². The average molecular weight is 402 g/mol. The molecule has 0 heterocycles. The van der Waals surface area contributed by atoms with E-state index >= 15 is 0 Å². The lowest BCUT2D eigenvalue weighted by molar-refractivity contribution is 0.0495. The van der Waals surface area contributed by atoms with Crippen molar-refractivity contribution in [2.45, 2.75) is 40.5 Å². The lowest BCUT2D eigenvalue weighted by Crippen LogP contribution is -2.13. The maximum atomic E-state index is 12.6. The molecule has 0 aliphatic rings. The van der Waals surface area contributed by atoms with Crippen LogP contribution in [0.4, 0.5) is 0 Å². The molecule has 29 heavy (non-hydrogen) atoms. The van der Waals surface area contributed by atoms with Gasteiger partial charge in [0.2, 0.25) is 0 Å². The summed E-state index contributed by atoms with van der Waals surface area (Å²) in [6.45, 7) is 7.12. The number of hydrogen-bond donors (Lipinski definition) is 2. The van der Waals surface area contributed by atoms with E-state index in [0.29, 0.717) is 22.4 Å². The zero-order chi connectivity index (χ0) is 21.7. The SMILES string of the molecule is CCCCOC(=O)c1c(C)cc(OC(=O)c2c(C)cc(OC)c(C)c2O)cc1O. The van der Waals surface area contributed by atoms with Crippen LogP contribution in [0.5, 0.6) is 23.0 Å². The van der Waals surface area contributed by atoms with E-state index in [1.54, 1.807) is 26.8 Å². The van der Waals surface area contributed by atoms with Crippen LogP contribution in [0.2, 0.25) is 0 Å². The first-order chi connectivity index (χ1) is 13.7. The Bertz CT molecular complexity index is 908. The monoisotopic (exact) mass is 402 g/mol. The van der Waals surface area contributed by atoms with Crippen LogP contribution in [-0.2, 0) is 4.74 Å². The first kappa shape index (κ1) is 22.1. The number of aromatic hydroxyl groups is 2. The maximum Gasteiger partial charge on any atom is 0.347 e. The Labute approximate surface area is 169 Å². The summed E-state index contributed by atoms with van der Waals surface area (Å²) < 4.78 is 15.6. The van der Waals surface area contributed by atoms with Crippen LogP contribution in [0.15, 0.2) is 18.2 Å². The van der Waals surface area contributed by atoms with Crippen LogP contribution in [-0.4, -0.2) is 35.9 Å². The molecular formula is C22H26O7. The molecule has 2 aromatic rings. The second-order valence-electron chi connectivity index (χ2n) is 6.76. The Kier molecular flexibility index (Phi) is 7.09. The van der Waals surface area contributed by atoms with Crippen molar-refractivity contribution in [3.05, 3.63) is 46.0 Å². The van der Waals surface area contributed by atoms with Crippen LogP contribution in [0.3, 0.4) is 0 Å². The minimum Gasteiger partial charge on any atom is -0.507 e. The molecule has 2 rings (SSSR count). The number of rotatable bonds is 7. The number of ether oxygens (including phenoxy) is 3. The molecule has 7 nitrogen and oxygen atoms in total. The van der Waals surface area contributed by atoms with Gasteiger partial charge in [0.15, 0.2) is 0 Å². The van der Waals surface area contributed by atoms with E-state index in [0.717, 1.165) is 12.8 Å². The van der Waals surface area contributed by atoms with E-state index in [2.05, 4.69) is 0 Å². The summed E-state index contributed by atoms with van der Waals surface area (Å²) in [5.41, 5.74) is 1.33. The summed E-state index contributed by atoms with van der Waals surface area (Å²) in [7, 11) is 1.47. The summed E-state index contributed by atoms with van der Waals surface area (Å²) in [5.74, 6) is -1.50. The Morgan fingerprint density at radius 1 is 0.966 bits per heavy atom. The van der Waals surface area contributed by atoms with E-state index in [4.69, 9.17) is 14.2 Å². The number of aryl methyl sites for hydroxylation is 2. The lowest BCUT2D eigenvalue weighted by Gasteiger charge is -2.15. The first-order valence-corrected chi connectivity index (χ1v) is 9.31. The Balaban J connectivity index is 2.28. The second kappa shape index (κ2) is 9.32. The van der Waals surface area contributed by atoms with Crippen LogP contribution in [0.25, 0.3) is 0 Å². The Hall–Kier alpha value is -3.22. The van der Waals surface area contributed by atoms with Crippen molar-refractivity contribution in [2.75, 3.05) is 13.7 Å². The predicted octanol–water partition coefficient (Wildman–Crippen LogP) is 4.21. The highest BCUT2D eigenvalue weighted by Crippen LogP contribution is 2.35. The number of methoxy groups -OCH3 is 1. The number of phenols is 2. The van der Waals surface area contributed by atoms with Crippen molar-refractivity contribution in [3.63, 3.8) is 0 Å². The van der Waals surface area contributed by atoms with Gasteiger partial charge < -0.3 is 24.4 Å². The van der Waals surface area contributed by atoms with Crippen molar-refractivity contribution in [1.82, 2.24) is 0 Å². The van der Waals surface area contributed by atoms with E-state index < -0.39 is 11.9 Å². The standard InChI is InChI=1S/C22H26O7/c1-6-7-8-28-21(25)18-12(2)9-15(11-16(18)23)29-22(26)19-13(3)10-17(27-5)14(4)20(19)24/h9-11,23-24H,6-8H2,1-5H3. The van der Waals surface area contributed by atoms with E-state index in [1.807, 2.05) is 6.92 Å². The number of hydrogen-bond acceptors (Lipinski definition) is 7. The number of benzene rings is 2. The van der Waals surface area contributed by atoms with Gasteiger partial charge in [0.05, 0.1) is 13.7 Å². The molecule has 0 aromatic heterocycles. The third-order valence-electron chi connectivity index (χ3n) is 4.56. The predicted molar refractivity (Wildman–Crippen MR) is 107 cm³/mol. The van der Waals surface area contributed by atoms with Gasteiger partial charge >= 0.3 is 11.9 Å². The molecule has 0 radical (unpaired) electrons. The van der Waals surface area contributed by atoms with Crippen molar-refractivity contribution >= 4 is 11.9 Å². The number of carbonyl (C=O) groups is 2. The molecule has 156 valence electrons. The summed E-state index contributed by atoms with van der Waals surface area (Å²) in [4.78, 5) is 24.8. The highest BCUT2D eigenvalue weighted by atomic mass is 16.5. The van der Waals surface area contributed by atoms with Crippen molar-refractivity contribution in [2.24, 2.45) is 0 Å². The van der Waals surface area contributed by atoms with Crippen LogP contribution < -0.4 is 9.47 Å². The third kappa shape index (κ3) is 4.80. The van der Waals surface area contributed by atoms with Gasteiger partial charge in [0.25, 0.3) is 0 Å². The van der Waals surface area contributed by atoms with Gasteiger partial charge in [-0.05, 0) is 50.5 Å². The van der Waals surface area contributed by atoms with E-state index in [9.17, 15) is 19.8 Å². The first-order valence-electron chi connectivity index (χ1n) is 9.31. The van der Waals surface area contributed by atoms with Gasteiger partial charge in [0, 0.05) is 11.6 Å². The minimum atomic E-state index is -0.789. The minimum absolute atomic E-state index is 0.00324. The molecule has 2 N–H and O–H groups in total. The molecule has 0 saturated heterocycles. The Morgan fingerprint density at radius 3 is 2.21 bits per heavy atom. The quantitative estimate of drug-likeness (QED) is 0.406. The van der Waals surface area contributed by atoms with Crippen molar-refractivity contribution < 1.29 is 34.0 Å². The number of unbranched alkanes of at least 4 members (excludes halogenated alkanes) is 1. The van der Waals surface area contributed by atoms with Gasteiger partial charge in [-0.25, -0.2) is 9.59 Å². The number of phenolic OH excluding ortho intramolecular Hbond substituents is 2. The molecule has 0 atom stereocenters. The Morgan fingerprint density at radius 2 is 1.62 bits per heavy atom. The molecule has 2 aromatic carbocycles. The topological polar surface area (TPSA) is 102 Å². The molecule has 0 saturated carbocycles. The molecule has 0 bridgehead atoms. The summed E-state index contributed by atoms with van der Waals surface area (Å²) in [5, 5.41) is 20.6. The van der Waals surface area contributed by atoms with Gasteiger partial charge in [-0.2, -0.15) is 0 Å². The largest absolute Gasteiger partial charge is 0.507 e. The van der Waals surface area contributed by atoms with Crippen LogP contribution >= 0.6 is 0 Å². The third-order valence-corrected chi connectivity index (χ3v) is 4.56. The molecule has 0 amide bonds. The maximum absolute atomic E-state index is 12.6. The fraction of sp³-hybridized carbons (Fsp3) is 0.364. The lowest BCUT2D eigenvalue weighted by atomic mass is 10.0. The van der Waals surface area contributed by atoms with Gasteiger partial charge in [-0.1, -0.05) is 13.3 Å². The molecule has 0 unspecified atom stereocenters.